The van der Waals surface area contributed by atoms with Crippen molar-refractivity contribution in [2.75, 3.05) is 0 Å². The molecular weight excluding hydrogens is 244 g/mol. The molecule has 0 heterocycles. The summed E-state index contributed by atoms with van der Waals surface area (Å²) in [7, 11) is 0. The Balaban J connectivity index is 0.00000256. The van der Waals surface area contributed by atoms with E-state index in [0.717, 1.165) is 0 Å². The SMILES string of the molecule is CC(C)OC(=O)c1ccccc1OC(C)C.[CaH2]. The van der Waals surface area contributed by atoms with E-state index in [9.17, 15) is 4.79 Å². The number of carbonyl (C=O) groups is 1. The fraction of sp³-hybridized carbons (Fsp3) is 0.462. The minimum atomic E-state index is -0.341. The fourth-order valence-corrected chi connectivity index (χ4v) is 1.27. The van der Waals surface area contributed by atoms with Crippen LogP contribution in [0.25, 0.3) is 0 Å². The van der Waals surface area contributed by atoms with Crippen LogP contribution in [0.5, 0.6) is 5.75 Å². The molecule has 92 valence electrons. The van der Waals surface area contributed by atoms with Gasteiger partial charge >= 0.3 is 43.7 Å². The number of carbonyl (C=O) groups excluding carboxylic acids is 1. The molecule has 0 amide bonds. The van der Waals surface area contributed by atoms with Crippen molar-refractivity contribution in [3.05, 3.63) is 29.8 Å². The van der Waals surface area contributed by atoms with Gasteiger partial charge < -0.3 is 9.47 Å². The van der Waals surface area contributed by atoms with E-state index < -0.39 is 0 Å². The van der Waals surface area contributed by atoms with E-state index in [2.05, 4.69) is 0 Å². The van der Waals surface area contributed by atoms with Gasteiger partial charge in [-0.05, 0) is 39.8 Å². The molecule has 0 atom stereocenters. The first kappa shape index (κ1) is 16.7. The van der Waals surface area contributed by atoms with E-state index in [-0.39, 0.29) is 55.9 Å². The van der Waals surface area contributed by atoms with Crippen LogP contribution in [0.1, 0.15) is 38.1 Å². The average molecular weight is 264 g/mol. The van der Waals surface area contributed by atoms with Crippen molar-refractivity contribution in [1.82, 2.24) is 0 Å². The van der Waals surface area contributed by atoms with Crippen molar-refractivity contribution >= 4 is 43.7 Å². The molecule has 1 aromatic rings. The molecule has 0 aliphatic rings. The molecule has 0 unspecified atom stereocenters. The number of hydrogen-bond donors (Lipinski definition) is 0. The van der Waals surface area contributed by atoms with Crippen molar-refractivity contribution in [2.45, 2.75) is 39.9 Å². The van der Waals surface area contributed by atoms with E-state index in [1.54, 1.807) is 18.2 Å². The van der Waals surface area contributed by atoms with Gasteiger partial charge in [-0.3, -0.25) is 0 Å². The summed E-state index contributed by atoms with van der Waals surface area (Å²) in [5, 5.41) is 0. The summed E-state index contributed by atoms with van der Waals surface area (Å²) in [5.74, 6) is 0.231. The number of hydrogen-bond acceptors (Lipinski definition) is 3. The number of benzene rings is 1. The Kier molecular flexibility index (Phi) is 7.84. The van der Waals surface area contributed by atoms with E-state index >= 15 is 0 Å². The average Bonchev–Trinajstić information content (AvgIpc) is 2.16. The van der Waals surface area contributed by atoms with E-state index in [1.807, 2.05) is 33.8 Å². The predicted molar refractivity (Wildman–Crippen MR) is 71.3 cm³/mol. The van der Waals surface area contributed by atoms with E-state index in [1.165, 1.54) is 0 Å². The third-order valence-corrected chi connectivity index (χ3v) is 1.81. The Morgan fingerprint density at radius 1 is 1.06 bits per heavy atom. The van der Waals surface area contributed by atoms with Gasteiger partial charge in [-0.15, -0.1) is 0 Å². The summed E-state index contributed by atoms with van der Waals surface area (Å²) in [6, 6.07) is 7.12. The molecule has 0 aliphatic heterocycles. The Morgan fingerprint density at radius 3 is 2.18 bits per heavy atom. The van der Waals surface area contributed by atoms with Crippen molar-refractivity contribution in [2.24, 2.45) is 0 Å². The van der Waals surface area contributed by atoms with Gasteiger partial charge in [0.2, 0.25) is 0 Å². The summed E-state index contributed by atoms with van der Waals surface area (Å²) in [6.07, 6.45) is -0.0902. The Labute approximate surface area is 132 Å². The zero-order valence-corrected chi connectivity index (χ0v) is 10.2. The van der Waals surface area contributed by atoms with Crippen LogP contribution in [0.15, 0.2) is 24.3 Å². The Bertz CT molecular complexity index is 361. The van der Waals surface area contributed by atoms with Crippen LogP contribution in [0.4, 0.5) is 0 Å². The first-order valence-corrected chi connectivity index (χ1v) is 5.47. The van der Waals surface area contributed by atoms with Crippen LogP contribution < -0.4 is 4.74 Å². The van der Waals surface area contributed by atoms with Gasteiger partial charge in [0.25, 0.3) is 0 Å². The molecule has 0 spiro atoms. The molecule has 3 nitrogen and oxygen atoms in total. The molecule has 0 fully saturated rings. The van der Waals surface area contributed by atoms with Crippen LogP contribution in [0.2, 0.25) is 0 Å². The second kappa shape index (κ2) is 7.96. The summed E-state index contributed by atoms with van der Waals surface area (Å²) < 4.78 is 10.7. The predicted octanol–water partition coefficient (Wildman–Crippen LogP) is 2.12. The third-order valence-electron chi connectivity index (χ3n) is 1.81. The number of esters is 1. The van der Waals surface area contributed by atoms with Gasteiger partial charge in [0, 0.05) is 0 Å². The molecule has 0 radical (unpaired) electrons. The second-order valence-corrected chi connectivity index (χ2v) is 4.12. The molecule has 1 rings (SSSR count). The van der Waals surface area contributed by atoms with Crippen LogP contribution in [0.3, 0.4) is 0 Å². The molecule has 4 heteroatoms. The Morgan fingerprint density at radius 2 is 1.65 bits per heavy atom. The zero-order valence-electron chi connectivity index (χ0n) is 10.2. The number of rotatable bonds is 4. The molecule has 0 bridgehead atoms. The molecule has 17 heavy (non-hydrogen) atoms. The molecule has 0 aliphatic carbocycles. The summed E-state index contributed by atoms with van der Waals surface area (Å²) in [6.45, 7) is 7.49. The summed E-state index contributed by atoms with van der Waals surface area (Å²) in [5.41, 5.74) is 0.477. The fourth-order valence-electron chi connectivity index (χ4n) is 1.27. The molecule has 1 aromatic carbocycles. The minimum absolute atomic E-state index is 0. The Hall–Kier alpha value is -0.250. The van der Waals surface area contributed by atoms with Gasteiger partial charge in [-0.2, -0.15) is 0 Å². The normalized spacial score (nSPS) is 10.0. The second-order valence-electron chi connectivity index (χ2n) is 4.12. The van der Waals surface area contributed by atoms with Gasteiger partial charge in [-0.1, -0.05) is 12.1 Å². The quantitative estimate of drug-likeness (QED) is 0.617. The molecule has 0 aromatic heterocycles. The maximum absolute atomic E-state index is 11.8. The van der Waals surface area contributed by atoms with Crippen LogP contribution in [-0.2, 0) is 4.74 Å². The van der Waals surface area contributed by atoms with Crippen LogP contribution >= 0.6 is 0 Å². The van der Waals surface area contributed by atoms with E-state index in [4.69, 9.17) is 9.47 Å². The van der Waals surface area contributed by atoms with Crippen molar-refractivity contribution in [3.8, 4) is 5.75 Å². The third kappa shape index (κ3) is 5.75. The molecular formula is C13H20CaO3. The molecule has 0 saturated heterocycles. The van der Waals surface area contributed by atoms with Gasteiger partial charge in [0.15, 0.2) is 0 Å². The van der Waals surface area contributed by atoms with Crippen LogP contribution in [0, 0.1) is 0 Å². The zero-order chi connectivity index (χ0) is 12.1. The molecule has 0 saturated carbocycles. The van der Waals surface area contributed by atoms with Crippen molar-refractivity contribution < 1.29 is 14.3 Å². The van der Waals surface area contributed by atoms with Gasteiger partial charge in [0.05, 0.1) is 12.2 Å². The first-order valence-electron chi connectivity index (χ1n) is 5.47. The summed E-state index contributed by atoms with van der Waals surface area (Å²) in [4.78, 5) is 11.8. The number of ether oxygens (including phenoxy) is 2. The van der Waals surface area contributed by atoms with Crippen molar-refractivity contribution in [3.63, 3.8) is 0 Å². The molecule has 0 N–H and O–H groups in total. The standard InChI is InChI=1S/C13H18O3.Ca.2H/c1-9(2)15-12-8-6-5-7-11(12)13(14)16-10(3)4;;;/h5-10H,1-4H3;;;. The monoisotopic (exact) mass is 264 g/mol. The van der Waals surface area contributed by atoms with Gasteiger partial charge in [0.1, 0.15) is 11.3 Å². The topological polar surface area (TPSA) is 35.5 Å². The number of para-hydroxylation sites is 1. The summed E-state index contributed by atoms with van der Waals surface area (Å²) >= 11 is 0. The van der Waals surface area contributed by atoms with E-state index in [0.29, 0.717) is 11.3 Å². The van der Waals surface area contributed by atoms with Crippen molar-refractivity contribution in [1.29, 1.82) is 0 Å². The van der Waals surface area contributed by atoms with Crippen LogP contribution in [-0.4, -0.2) is 55.9 Å². The maximum atomic E-state index is 11.8. The first-order chi connectivity index (χ1) is 7.50. The van der Waals surface area contributed by atoms with Gasteiger partial charge in [-0.25, -0.2) is 4.79 Å².